The molecule has 190 valence electrons. The summed E-state index contributed by atoms with van der Waals surface area (Å²) in [5.74, 6) is 2.87. The van der Waals surface area contributed by atoms with Gasteiger partial charge in [0, 0.05) is 21.9 Å². The van der Waals surface area contributed by atoms with E-state index in [1.54, 1.807) is 6.20 Å². The molecule has 2 aliphatic rings. The molecule has 8 heteroatoms. The number of anilines is 2. The fourth-order valence-corrected chi connectivity index (χ4v) is 5.71. The molecular formula is C31H24BrN7. The number of pyridine rings is 1. The molecule has 1 N–H and O–H groups in total. The fraction of sp³-hybridized carbons (Fsp3) is 0.0968. The normalized spacial score (nSPS) is 15.6. The lowest BCUT2D eigenvalue weighted by atomic mass is 9.93. The predicted octanol–water partition coefficient (Wildman–Crippen LogP) is 7.44. The molecule has 4 heterocycles. The number of aliphatic imine (C=N–C) groups is 2. The van der Waals surface area contributed by atoms with Gasteiger partial charge in [0.05, 0.1) is 23.1 Å². The highest BCUT2D eigenvalue weighted by Gasteiger charge is 2.41. The number of aromatic nitrogens is 3. The summed E-state index contributed by atoms with van der Waals surface area (Å²) in [5.41, 5.74) is 7.04. The third-order valence-electron chi connectivity index (χ3n) is 6.95. The smallest absolute Gasteiger partial charge is 0.179 e. The number of aryl methyl sites for hydroxylation is 2. The van der Waals surface area contributed by atoms with E-state index in [0.717, 1.165) is 55.6 Å². The van der Waals surface area contributed by atoms with Gasteiger partial charge in [-0.2, -0.15) is 9.78 Å². The number of hydrogen-bond acceptors (Lipinski definition) is 6. The first-order chi connectivity index (χ1) is 19.1. The minimum Gasteiger partial charge on any atom is -0.337 e. The Morgan fingerprint density at radius 3 is 2.51 bits per heavy atom. The van der Waals surface area contributed by atoms with Crippen LogP contribution < -0.4 is 10.2 Å². The average Bonchev–Trinajstić information content (AvgIpc) is 3.28. The van der Waals surface area contributed by atoms with Gasteiger partial charge >= 0.3 is 0 Å². The van der Waals surface area contributed by atoms with E-state index in [-0.39, 0.29) is 6.04 Å². The summed E-state index contributed by atoms with van der Waals surface area (Å²) >= 11 is 3.70. The second-order valence-electron chi connectivity index (χ2n) is 9.63. The molecule has 0 amide bonds. The lowest BCUT2D eigenvalue weighted by molar-refractivity contribution is 0.810. The summed E-state index contributed by atoms with van der Waals surface area (Å²) in [6.07, 6.45) is 1.77. The van der Waals surface area contributed by atoms with E-state index >= 15 is 0 Å². The van der Waals surface area contributed by atoms with Crippen LogP contribution in [0.15, 0.2) is 112 Å². The van der Waals surface area contributed by atoms with Crippen molar-refractivity contribution in [2.75, 3.05) is 10.2 Å². The maximum Gasteiger partial charge on any atom is 0.179 e. The minimum atomic E-state index is -0.187. The van der Waals surface area contributed by atoms with Crippen LogP contribution in [0.2, 0.25) is 0 Å². The second-order valence-corrected chi connectivity index (χ2v) is 10.5. The van der Waals surface area contributed by atoms with Crippen molar-refractivity contribution in [3.63, 3.8) is 0 Å². The molecule has 7 rings (SSSR count). The van der Waals surface area contributed by atoms with Crippen LogP contribution in [0.25, 0.3) is 5.82 Å². The minimum absolute atomic E-state index is 0.187. The Labute approximate surface area is 234 Å². The zero-order valence-electron chi connectivity index (χ0n) is 21.4. The number of benzene rings is 3. The first kappa shape index (κ1) is 23.5. The zero-order chi connectivity index (χ0) is 26.5. The highest BCUT2D eigenvalue weighted by atomic mass is 79.9. The van der Waals surface area contributed by atoms with Crippen LogP contribution >= 0.6 is 15.9 Å². The first-order valence-corrected chi connectivity index (χ1v) is 13.5. The predicted molar refractivity (Wildman–Crippen MR) is 160 cm³/mol. The van der Waals surface area contributed by atoms with Crippen molar-refractivity contribution < 1.29 is 0 Å². The van der Waals surface area contributed by atoms with Crippen molar-refractivity contribution in [3.05, 3.63) is 124 Å². The molecule has 0 saturated carbocycles. The van der Waals surface area contributed by atoms with Crippen molar-refractivity contribution >= 4 is 50.5 Å². The Morgan fingerprint density at radius 1 is 0.846 bits per heavy atom. The van der Waals surface area contributed by atoms with E-state index in [1.165, 1.54) is 0 Å². The molecule has 0 aliphatic carbocycles. The average molecular weight is 574 g/mol. The Bertz CT molecular complexity index is 1790. The van der Waals surface area contributed by atoms with Crippen LogP contribution in [0.4, 0.5) is 22.9 Å². The number of nitrogens with zero attached hydrogens (tertiary/aromatic N) is 6. The molecule has 5 aromatic rings. The van der Waals surface area contributed by atoms with Gasteiger partial charge in [-0.05, 0) is 73.5 Å². The molecule has 1 unspecified atom stereocenters. The molecule has 3 aromatic carbocycles. The topological polar surface area (TPSA) is 70.7 Å². The molecule has 39 heavy (non-hydrogen) atoms. The van der Waals surface area contributed by atoms with Crippen LogP contribution in [0.5, 0.6) is 0 Å². The van der Waals surface area contributed by atoms with Crippen LogP contribution in [0.1, 0.15) is 28.4 Å². The van der Waals surface area contributed by atoms with Crippen molar-refractivity contribution in [2.24, 2.45) is 9.98 Å². The highest BCUT2D eigenvalue weighted by molar-refractivity contribution is 9.10. The van der Waals surface area contributed by atoms with Crippen molar-refractivity contribution in [3.8, 4) is 5.82 Å². The number of nitrogens with one attached hydrogen (secondary N) is 1. The third-order valence-corrected chi connectivity index (χ3v) is 7.44. The lowest BCUT2D eigenvalue weighted by Crippen LogP contribution is -2.46. The Hall–Kier alpha value is -4.56. The van der Waals surface area contributed by atoms with Gasteiger partial charge in [0.25, 0.3) is 0 Å². The molecule has 0 fully saturated rings. The van der Waals surface area contributed by atoms with Gasteiger partial charge in [-0.25, -0.2) is 15.0 Å². The van der Waals surface area contributed by atoms with Gasteiger partial charge in [-0.1, -0.05) is 58.4 Å². The number of fused-ring (bicyclic) bond motifs is 4. The maximum atomic E-state index is 5.26. The van der Waals surface area contributed by atoms with Crippen molar-refractivity contribution in [1.82, 2.24) is 14.8 Å². The maximum absolute atomic E-state index is 5.26. The summed E-state index contributed by atoms with van der Waals surface area (Å²) in [6, 6.07) is 30.5. The van der Waals surface area contributed by atoms with Crippen LogP contribution in [0.3, 0.4) is 0 Å². The summed E-state index contributed by atoms with van der Waals surface area (Å²) in [4.78, 5) is 17.2. The molecule has 1 atom stereocenters. The molecule has 0 saturated heterocycles. The summed E-state index contributed by atoms with van der Waals surface area (Å²) < 4.78 is 2.85. The summed E-state index contributed by atoms with van der Waals surface area (Å²) in [7, 11) is 0. The quantitative estimate of drug-likeness (QED) is 0.243. The van der Waals surface area contributed by atoms with E-state index in [4.69, 9.17) is 15.1 Å². The SMILES string of the molecule is Cc1cccc(NC2=Nc3ccccc3N3C2=Nc2c(c(C)nn2-c2ccccn2)C3c2cccc(Br)c2)c1. The highest BCUT2D eigenvalue weighted by Crippen LogP contribution is 2.48. The number of para-hydroxylation sites is 2. The van der Waals surface area contributed by atoms with Gasteiger partial charge in [0.15, 0.2) is 23.3 Å². The van der Waals surface area contributed by atoms with E-state index in [1.807, 2.05) is 66.2 Å². The van der Waals surface area contributed by atoms with E-state index in [0.29, 0.717) is 11.7 Å². The van der Waals surface area contributed by atoms with Gasteiger partial charge in [-0.15, -0.1) is 0 Å². The molecule has 0 bridgehead atoms. The Balaban J connectivity index is 1.51. The van der Waals surface area contributed by atoms with Gasteiger partial charge in [0.2, 0.25) is 0 Å². The first-order valence-electron chi connectivity index (χ1n) is 12.7. The van der Waals surface area contributed by atoms with Gasteiger partial charge in [0.1, 0.15) is 0 Å². The number of hydrogen-bond donors (Lipinski definition) is 1. The van der Waals surface area contributed by atoms with Crippen LogP contribution in [-0.4, -0.2) is 26.4 Å². The second kappa shape index (κ2) is 9.32. The molecule has 2 aromatic heterocycles. The third kappa shape index (κ3) is 4.04. The number of halogens is 1. The lowest BCUT2D eigenvalue weighted by Gasteiger charge is -2.40. The number of rotatable bonds is 3. The summed E-state index contributed by atoms with van der Waals surface area (Å²) in [6.45, 7) is 4.12. The monoisotopic (exact) mass is 573 g/mol. The van der Waals surface area contributed by atoms with E-state index in [2.05, 4.69) is 74.5 Å². The van der Waals surface area contributed by atoms with Crippen LogP contribution in [-0.2, 0) is 0 Å². The Morgan fingerprint density at radius 2 is 1.69 bits per heavy atom. The van der Waals surface area contributed by atoms with E-state index in [9.17, 15) is 0 Å². The largest absolute Gasteiger partial charge is 0.337 e. The zero-order valence-corrected chi connectivity index (χ0v) is 23.0. The van der Waals surface area contributed by atoms with Gasteiger partial charge < -0.3 is 10.2 Å². The van der Waals surface area contributed by atoms with E-state index < -0.39 is 0 Å². The fourth-order valence-electron chi connectivity index (χ4n) is 5.29. The molecule has 2 aliphatic heterocycles. The molecule has 0 radical (unpaired) electrons. The molecule has 0 spiro atoms. The Kier molecular flexibility index (Phi) is 5.63. The van der Waals surface area contributed by atoms with Crippen molar-refractivity contribution in [2.45, 2.75) is 19.9 Å². The molecular weight excluding hydrogens is 550 g/mol. The molecule has 7 nitrogen and oxygen atoms in total. The van der Waals surface area contributed by atoms with Gasteiger partial charge in [-0.3, -0.25) is 0 Å². The van der Waals surface area contributed by atoms with Crippen LogP contribution in [0, 0.1) is 13.8 Å². The standard InChI is InChI=1S/C31H24BrN7/c1-19-9-7-12-23(17-19)34-29-31-36-30-27(20(2)37-39(30)26-15-5-6-16-33-26)28(21-10-8-11-22(32)18-21)38(31)25-14-4-3-13-24(25)35-29/h3-18,28H,1-2H3,(H,34,35). The van der Waals surface area contributed by atoms with Crippen molar-refractivity contribution in [1.29, 1.82) is 0 Å². The summed E-state index contributed by atoms with van der Waals surface area (Å²) in [5, 5.41) is 8.51. The number of amidine groups is 2.